The molecule has 1 atom stereocenters. The van der Waals surface area contributed by atoms with E-state index in [0.717, 1.165) is 6.42 Å². The van der Waals surface area contributed by atoms with E-state index in [1.165, 1.54) is 0 Å². The van der Waals surface area contributed by atoms with Crippen LogP contribution < -0.4 is 5.43 Å². The lowest BCUT2D eigenvalue weighted by Gasteiger charge is -2.24. The van der Waals surface area contributed by atoms with Crippen molar-refractivity contribution in [3.8, 4) is 5.75 Å². The second-order valence-corrected chi connectivity index (χ2v) is 6.17. The molecule has 0 saturated heterocycles. The predicted molar refractivity (Wildman–Crippen MR) is 93.8 cm³/mol. The summed E-state index contributed by atoms with van der Waals surface area (Å²) in [5, 5.41) is 10.3. The number of hydrogen-bond acceptors (Lipinski definition) is 4. The summed E-state index contributed by atoms with van der Waals surface area (Å²) in [5.41, 5.74) is 1.26. The van der Waals surface area contributed by atoms with E-state index < -0.39 is 6.04 Å². The quantitative estimate of drug-likeness (QED) is 0.796. The molecule has 4 rings (SSSR count). The van der Waals surface area contributed by atoms with Gasteiger partial charge in [-0.15, -0.1) is 0 Å². The lowest BCUT2D eigenvalue weighted by molar-refractivity contribution is 0.0728. The molecule has 5 nitrogen and oxygen atoms in total. The molecule has 5 heteroatoms. The highest BCUT2D eigenvalue weighted by Crippen LogP contribution is 2.38. The number of aromatic hydroxyl groups is 1. The first kappa shape index (κ1) is 15.4. The molecule has 0 radical (unpaired) electrons. The predicted octanol–water partition coefficient (Wildman–Crippen LogP) is 3.45. The van der Waals surface area contributed by atoms with Crippen LogP contribution in [0.15, 0.2) is 57.7 Å². The molecule has 1 aromatic heterocycles. The van der Waals surface area contributed by atoms with Crippen LogP contribution in [-0.4, -0.2) is 22.5 Å². The van der Waals surface area contributed by atoms with E-state index in [-0.39, 0.29) is 22.8 Å². The number of phenolic OH excluding ortho intramolecular Hbond substituents is 1. The number of rotatable bonds is 3. The number of phenols is 1. The Morgan fingerprint density at radius 1 is 1.12 bits per heavy atom. The summed E-state index contributed by atoms with van der Waals surface area (Å²) >= 11 is 0. The number of amides is 1. The number of nitrogens with zero attached hydrogens (tertiary/aromatic N) is 1. The molecule has 1 unspecified atom stereocenters. The summed E-state index contributed by atoms with van der Waals surface area (Å²) in [5.74, 6) is -0.0847. The molecular formula is C20H17NO4. The molecule has 1 amide bonds. The van der Waals surface area contributed by atoms with Crippen LogP contribution in [0.5, 0.6) is 5.75 Å². The Kier molecular flexibility index (Phi) is 3.57. The van der Waals surface area contributed by atoms with E-state index in [2.05, 4.69) is 0 Å². The Bertz CT molecular complexity index is 1040. The van der Waals surface area contributed by atoms with Gasteiger partial charge in [0.15, 0.2) is 5.43 Å². The number of fused-ring (bicyclic) bond motifs is 2. The van der Waals surface area contributed by atoms with Crippen LogP contribution in [-0.2, 0) is 0 Å². The standard InChI is InChI=1S/C20H17NO4/c1-2-10-21-17(12-6-5-7-13(22)11-12)16-18(23)14-8-3-4-9-15(14)25-19(16)20(21)24/h3-9,11,17,22H,2,10H2,1H3. The second-order valence-electron chi connectivity index (χ2n) is 6.17. The molecule has 0 saturated carbocycles. The van der Waals surface area contributed by atoms with Gasteiger partial charge in [-0.05, 0) is 36.2 Å². The molecule has 0 bridgehead atoms. The van der Waals surface area contributed by atoms with Gasteiger partial charge in [0.25, 0.3) is 5.91 Å². The van der Waals surface area contributed by atoms with Crippen LogP contribution in [0.1, 0.15) is 41.1 Å². The summed E-state index contributed by atoms with van der Waals surface area (Å²) in [6.07, 6.45) is 0.753. The average molecular weight is 335 g/mol. The third-order valence-electron chi connectivity index (χ3n) is 4.52. The van der Waals surface area contributed by atoms with Gasteiger partial charge >= 0.3 is 0 Å². The molecule has 3 aromatic rings. The molecule has 2 aromatic carbocycles. The number of hydrogen-bond donors (Lipinski definition) is 1. The molecule has 25 heavy (non-hydrogen) atoms. The van der Waals surface area contributed by atoms with Gasteiger partial charge in [-0.2, -0.15) is 0 Å². The third kappa shape index (κ3) is 2.31. The zero-order valence-corrected chi connectivity index (χ0v) is 13.7. The Balaban J connectivity index is 2.02. The van der Waals surface area contributed by atoms with Crippen molar-refractivity contribution >= 4 is 16.9 Å². The summed E-state index contributed by atoms with van der Waals surface area (Å²) < 4.78 is 5.80. The fourth-order valence-electron chi connectivity index (χ4n) is 3.48. The molecule has 0 fully saturated rings. The SMILES string of the molecule is CCCN1C(=O)c2oc3ccccc3c(=O)c2C1c1cccc(O)c1. The highest BCUT2D eigenvalue weighted by atomic mass is 16.3. The first-order chi connectivity index (χ1) is 12.1. The minimum atomic E-state index is -0.546. The van der Waals surface area contributed by atoms with Crippen LogP contribution in [0.4, 0.5) is 0 Å². The van der Waals surface area contributed by atoms with Crippen molar-refractivity contribution in [1.82, 2.24) is 4.90 Å². The maximum atomic E-state index is 13.1. The number of carbonyl (C=O) groups is 1. The summed E-state index contributed by atoms with van der Waals surface area (Å²) in [4.78, 5) is 27.6. The van der Waals surface area contributed by atoms with Gasteiger partial charge in [-0.3, -0.25) is 9.59 Å². The minimum absolute atomic E-state index is 0.0972. The monoisotopic (exact) mass is 335 g/mol. The lowest BCUT2D eigenvalue weighted by Crippen LogP contribution is -2.30. The lowest BCUT2D eigenvalue weighted by atomic mass is 9.98. The van der Waals surface area contributed by atoms with E-state index in [1.54, 1.807) is 47.4 Å². The van der Waals surface area contributed by atoms with E-state index in [9.17, 15) is 14.7 Å². The van der Waals surface area contributed by atoms with Crippen LogP contribution in [0.25, 0.3) is 11.0 Å². The smallest absolute Gasteiger partial charge is 0.290 e. The zero-order valence-electron chi connectivity index (χ0n) is 13.7. The topological polar surface area (TPSA) is 70.8 Å². The van der Waals surface area contributed by atoms with Crippen LogP contribution in [0, 0.1) is 0 Å². The number of carbonyl (C=O) groups excluding carboxylic acids is 1. The van der Waals surface area contributed by atoms with E-state index >= 15 is 0 Å². The molecule has 0 aliphatic carbocycles. The maximum Gasteiger partial charge on any atom is 0.290 e. The second kappa shape index (κ2) is 5.77. The van der Waals surface area contributed by atoms with Crippen molar-refractivity contribution in [3.05, 3.63) is 75.6 Å². The highest BCUT2D eigenvalue weighted by molar-refractivity contribution is 5.99. The van der Waals surface area contributed by atoms with Gasteiger partial charge in [0, 0.05) is 6.54 Å². The van der Waals surface area contributed by atoms with Crippen molar-refractivity contribution < 1.29 is 14.3 Å². The van der Waals surface area contributed by atoms with Crippen LogP contribution in [0.3, 0.4) is 0 Å². The zero-order chi connectivity index (χ0) is 17.6. The van der Waals surface area contributed by atoms with Crippen molar-refractivity contribution in [3.63, 3.8) is 0 Å². The molecule has 0 spiro atoms. The van der Waals surface area contributed by atoms with Gasteiger partial charge in [0.2, 0.25) is 5.76 Å². The molecule has 2 heterocycles. The van der Waals surface area contributed by atoms with Crippen LogP contribution in [0.2, 0.25) is 0 Å². The summed E-state index contributed by atoms with van der Waals surface area (Å²) in [7, 11) is 0. The van der Waals surface area contributed by atoms with Crippen molar-refractivity contribution in [2.75, 3.05) is 6.54 Å². The normalized spacial score (nSPS) is 16.4. The summed E-state index contributed by atoms with van der Waals surface area (Å²) in [6.45, 7) is 2.47. The van der Waals surface area contributed by atoms with Crippen molar-refractivity contribution in [2.45, 2.75) is 19.4 Å². The van der Waals surface area contributed by atoms with E-state index in [1.807, 2.05) is 13.0 Å². The minimum Gasteiger partial charge on any atom is -0.508 e. The fraction of sp³-hybridized carbons (Fsp3) is 0.200. The third-order valence-corrected chi connectivity index (χ3v) is 4.52. The first-order valence-electron chi connectivity index (χ1n) is 8.27. The van der Waals surface area contributed by atoms with Gasteiger partial charge in [-0.25, -0.2) is 0 Å². The van der Waals surface area contributed by atoms with Gasteiger partial charge in [0.05, 0.1) is 17.0 Å². The maximum absolute atomic E-state index is 13.1. The number of para-hydroxylation sites is 1. The summed E-state index contributed by atoms with van der Waals surface area (Å²) in [6, 6.07) is 13.1. The highest BCUT2D eigenvalue weighted by Gasteiger charge is 2.42. The Morgan fingerprint density at radius 3 is 2.68 bits per heavy atom. The van der Waals surface area contributed by atoms with E-state index in [4.69, 9.17) is 4.42 Å². The molecule has 1 aliphatic heterocycles. The van der Waals surface area contributed by atoms with Gasteiger partial charge in [0.1, 0.15) is 11.3 Å². The average Bonchev–Trinajstić information content (AvgIpc) is 2.89. The van der Waals surface area contributed by atoms with Crippen LogP contribution >= 0.6 is 0 Å². The molecule has 1 aliphatic rings. The number of benzene rings is 2. The molecular weight excluding hydrogens is 318 g/mol. The van der Waals surface area contributed by atoms with E-state index in [0.29, 0.717) is 28.6 Å². The first-order valence-corrected chi connectivity index (χ1v) is 8.27. The molecule has 126 valence electrons. The fourth-order valence-corrected chi connectivity index (χ4v) is 3.48. The Labute approximate surface area is 144 Å². The van der Waals surface area contributed by atoms with Gasteiger partial charge in [-0.1, -0.05) is 31.2 Å². The van der Waals surface area contributed by atoms with Gasteiger partial charge < -0.3 is 14.4 Å². The molecule has 1 N–H and O–H groups in total. The Morgan fingerprint density at radius 2 is 1.92 bits per heavy atom. The Hall–Kier alpha value is -3.08. The van der Waals surface area contributed by atoms with Crippen molar-refractivity contribution in [2.24, 2.45) is 0 Å². The largest absolute Gasteiger partial charge is 0.508 e. The van der Waals surface area contributed by atoms with Crippen molar-refractivity contribution in [1.29, 1.82) is 0 Å².